The lowest BCUT2D eigenvalue weighted by Crippen LogP contribution is -2.55. The van der Waals surface area contributed by atoms with Crippen molar-refractivity contribution in [3.05, 3.63) is 36.0 Å². The van der Waals surface area contributed by atoms with Crippen LogP contribution in [0.1, 0.15) is 66.7 Å². The van der Waals surface area contributed by atoms with Gasteiger partial charge in [-0.3, -0.25) is 0 Å². The number of carboxylic acid groups (broad SMARTS) is 1. The van der Waals surface area contributed by atoms with E-state index >= 15 is 0 Å². The van der Waals surface area contributed by atoms with Crippen molar-refractivity contribution < 1.29 is 15.0 Å². The van der Waals surface area contributed by atoms with Crippen LogP contribution in [0.25, 0.3) is 0 Å². The first-order valence-corrected chi connectivity index (χ1v) is 10.6. The standard InChI is InChI=1S/C24H38O3/c1-6-7-10-16(2)22-18(4)15-24(5)20(25)14-13-17(3)23(24)19(22)11-8-9-12-21(26)27/h8-12,17-20,22-23,25H,6-7,13-15H2,1-5H3,(H,26,27)/t17-,18-,19+,20-,22+,23-,24-/m0/s1. The fraction of sp³-hybridized carbons (Fsp3) is 0.708. The molecule has 0 radical (unpaired) electrons. The maximum absolute atomic E-state index is 10.9. The Bertz CT molecular complexity index is 603. The van der Waals surface area contributed by atoms with Crippen LogP contribution in [0, 0.1) is 35.0 Å². The van der Waals surface area contributed by atoms with Crippen LogP contribution in [0.3, 0.4) is 0 Å². The molecule has 3 heteroatoms. The number of carboxylic acids is 1. The zero-order valence-electron chi connectivity index (χ0n) is 17.7. The minimum atomic E-state index is -0.918. The quantitative estimate of drug-likeness (QED) is 0.361. The van der Waals surface area contributed by atoms with Crippen molar-refractivity contribution in [3.8, 4) is 0 Å². The van der Waals surface area contributed by atoms with Gasteiger partial charge in [-0.05, 0) is 67.6 Å². The third-order valence-electron chi connectivity index (χ3n) is 7.20. The second-order valence-electron chi connectivity index (χ2n) is 9.21. The lowest BCUT2D eigenvalue weighted by molar-refractivity contribution is -0.131. The Morgan fingerprint density at radius 3 is 2.52 bits per heavy atom. The summed E-state index contributed by atoms with van der Waals surface area (Å²) in [4.78, 5) is 10.8. The molecule has 0 aromatic heterocycles. The van der Waals surface area contributed by atoms with E-state index in [1.54, 1.807) is 6.08 Å². The molecule has 2 saturated carbocycles. The summed E-state index contributed by atoms with van der Waals surface area (Å²) in [5.74, 6) is 1.34. The van der Waals surface area contributed by atoms with Crippen molar-refractivity contribution in [2.24, 2.45) is 35.0 Å². The van der Waals surface area contributed by atoms with E-state index in [4.69, 9.17) is 5.11 Å². The van der Waals surface area contributed by atoms with Gasteiger partial charge in [0.2, 0.25) is 0 Å². The fourth-order valence-corrected chi connectivity index (χ4v) is 6.15. The van der Waals surface area contributed by atoms with Gasteiger partial charge < -0.3 is 10.2 Å². The topological polar surface area (TPSA) is 57.5 Å². The van der Waals surface area contributed by atoms with E-state index < -0.39 is 5.97 Å². The van der Waals surface area contributed by atoms with Gasteiger partial charge >= 0.3 is 5.97 Å². The van der Waals surface area contributed by atoms with Crippen LogP contribution in [0.2, 0.25) is 0 Å². The smallest absolute Gasteiger partial charge is 0.328 e. The van der Waals surface area contributed by atoms with Crippen LogP contribution in [0.15, 0.2) is 36.0 Å². The number of fused-ring (bicyclic) bond motifs is 1. The molecule has 152 valence electrons. The number of carbonyl (C=O) groups is 1. The van der Waals surface area contributed by atoms with Crippen molar-refractivity contribution in [2.45, 2.75) is 72.8 Å². The van der Waals surface area contributed by atoms with Crippen molar-refractivity contribution >= 4 is 5.97 Å². The summed E-state index contributed by atoms with van der Waals surface area (Å²) in [5.41, 5.74) is 1.39. The Kier molecular flexibility index (Phi) is 7.50. The van der Waals surface area contributed by atoms with Crippen LogP contribution >= 0.6 is 0 Å². The molecule has 2 N–H and O–H groups in total. The zero-order chi connectivity index (χ0) is 20.2. The SMILES string of the molecule is CCCC=C(C)[C@H]1[C@@H](C=CC=CC(=O)O)[C@@H]2[C@@H](C)CC[C@H](O)[C@]2(C)C[C@@H]1C. The lowest BCUT2D eigenvalue weighted by atomic mass is 9.47. The number of aliphatic hydroxyl groups excluding tert-OH is 1. The molecule has 7 atom stereocenters. The van der Waals surface area contributed by atoms with Crippen molar-refractivity contribution in [3.63, 3.8) is 0 Å². The number of hydrogen-bond donors (Lipinski definition) is 2. The third-order valence-corrected chi connectivity index (χ3v) is 7.20. The summed E-state index contributed by atoms with van der Waals surface area (Å²) in [7, 11) is 0. The first kappa shape index (κ1) is 21.9. The molecule has 2 fully saturated rings. The summed E-state index contributed by atoms with van der Waals surface area (Å²) < 4.78 is 0. The van der Waals surface area contributed by atoms with Gasteiger partial charge in [-0.1, -0.05) is 64.0 Å². The highest BCUT2D eigenvalue weighted by atomic mass is 16.4. The summed E-state index contributed by atoms with van der Waals surface area (Å²) in [6, 6.07) is 0. The molecule has 0 aromatic carbocycles. The normalized spacial score (nSPS) is 40.4. The molecule has 3 nitrogen and oxygen atoms in total. The average molecular weight is 375 g/mol. The van der Waals surface area contributed by atoms with E-state index in [0.29, 0.717) is 29.6 Å². The summed E-state index contributed by atoms with van der Waals surface area (Å²) in [6.45, 7) is 11.4. The Labute approximate surface area is 165 Å². The van der Waals surface area contributed by atoms with Gasteiger partial charge in [0.15, 0.2) is 0 Å². The monoisotopic (exact) mass is 374 g/mol. The molecule has 0 aliphatic heterocycles. The van der Waals surface area contributed by atoms with Crippen LogP contribution in [0.5, 0.6) is 0 Å². The molecule has 0 bridgehead atoms. The molecule has 0 aromatic rings. The van der Waals surface area contributed by atoms with Gasteiger partial charge in [0, 0.05) is 6.08 Å². The highest BCUT2D eigenvalue weighted by molar-refractivity contribution is 5.80. The van der Waals surface area contributed by atoms with Gasteiger partial charge in [0.25, 0.3) is 0 Å². The van der Waals surface area contributed by atoms with Gasteiger partial charge in [-0.15, -0.1) is 0 Å². The molecular formula is C24H38O3. The van der Waals surface area contributed by atoms with Crippen LogP contribution in [0.4, 0.5) is 0 Å². The van der Waals surface area contributed by atoms with Gasteiger partial charge in [0.05, 0.1) is 6.10 Å². The molecule has 2 rings (SSSR count). The van der Waals surface area contributed by atoms with E-state index in [0.717, 1.165) is 32.1 Å². The van der Waals surface area contributed by atoms with E-state index in [1.165, 1.54) is 11.6 Å². The molecule has 0 unspecified atom stereocenters. The Balaban J connectivity index is 2.44. The van der Waals surface area contributed by atoms with Crippen molar-refractivity contribution in [1.29, 1.82) is 0 Å². The Hall–Kier alpha value is -1.35. The molecule has 0 spiro atoms. The molecule has 2 aliphatic carbocycles. The first-order valence-electron chi connectivity index (χ1n) is 10.6. The fourth-order valence-electron chi connectivity index (χ4n) is 6.15. The predicted molar refractivity (Wildman–Crippen MR) is 111 cm³/mol. The Morgan fingerprint density at radius 2 is 1.89 bits per heavy atom. The molecule has 0 saturated heterocycles. The van der Waals surface area contributed by atoms with Crippen molar-refractivity contribution in [1.82, 2.24) is 0 Å². The van der Waals surface area contributed by atoms with Crippen LogP contribution in [-0.4, -0.2) is 22.3 Å². The second kappa shape index (κ2) is 9.23. The average Bonchev–Trinajstić information content (AvgIpc) is 2.59. The highest BCUT2D eigenvalue weighted by Crippen LogP contribution is 2.59. The van der Waals surface area contributed by atoms with Crippen molar-refractivity contribution in [2.75, 3.05) is 0 Å². The molecule has 27 heavy (non-hydrogen) atoms. The van der Waals surface area contributed by atoms with Gasteiger partial charge in [-0.2, -0.15) is 0 Å². The maximum atomic E-state index is 10.9. The number of aliphatic hydroxyl groups is 1. The summed E-state index contributed by atoms with van der Waals surface area (Å²) in [6.07, 6.45) is 14.4. The number of rotatable bonds is 6. The molecule has 0 heterocycles. The van der Waals surface area contributed by atoms with Crippen LogP contribution < -0.4 is 0 Å². The number of unbranched alkanes of at least 4 members (excludes halogenated alkanes) is 1. The van der Waals surface area contributed by atoms with Gasteiger partial charge in [0.1, 0.15) is 0 Å². The minimum absolute atomic E-state index is 0.0653. The van der Waals surface area contributed by atoms with E-state index in [1.807, 2.05) is 6.08 Å². The maximum Gasteiger partial charge on any atom is 0.328 e. The van der Waals surface area contributed by atoms with E-state index in [-0.39, 0.29) is 11.5 Å². The second-order valence-corrected chi connectivity index (χ2v) is 9.21. The molecular weight excluding hydrogens is 336 g/mol. The van der Waals surface area contributed by atoms with Crippen LogP contribution in [-0.2, 0) is 4.79 Å². The van der Waals surface area contributed by atoms with Gasteiger partial charge in [-0.25, -0.2) is 4.79 Å². The zero-order valence-corrected chi connectivity index (χ0v) is 17.7. The molecule has 2 aliphatic rings. The largest absolute Gasteiger partial charge is 0.478 e. The lowest BCUT2D eigenvalue weighted by Gasteiger charge is -2.58. The van der Waals surface area contributed by atoms with E-state index in [2.05, 4.69) is 46.8 Å². The molecule has 0 amide bonds. The first-order chi connectivity index (χ1) is 12.7. The minimum Gasteiger partial charge on any atom is -0.478 e. The number of hydrogen-bond acceptors (Lipinski definition) is 2. The Morgan fingerprint density at radius 1 is 1.19 bits per heavy atom. The number of allylic oxidation sites excluding steroid dienone is 5. The number of aliphatic carboxylic acids is 1. The predicted octanol–water partition coefficient (Wildman–Crippen LogP) is 5.62. The summed E-state index contributed by atoms with van der Waals surface area (Å²) >= 11 is 0. The van der Waals surface area contributed by atoms with E-state index in [9.17, 15) is 9.90 Å². The third kappa shape index (κ3) is 4.74. The highest BCUT2D eigenvalue weighted by Gasteiger charge is 2.55. The summed E-state index contributed by atoms with van der Waals surface area (Å²) in [5, 5.41) is 19.8.